The summed E-state index contributed by atoms with van der Waals surface area (Å²) >= 11 is 5.84. The minimum Gasteiger partial charge on any atom is -0.390 e. The summed E-state index contributed by atoms with van der Waals surface area (Å²) in [6.45, 7) is 4.09. The van der Waals surface area contributed by atoms with E-state index in [2.05, 4.69) is 11.4 Å². The van der Waals surface area contributed by atoms with Crippen LogP contribution in [0.1, 0.15) is 25.8 Å². The molecule has 0 aliphatic heterocycles. The van der Waals surface area contributed by atoms with Gasteiger partial charge in [0.25, 0.3) is 0 Å². The van der Waals surface area contributed by atoms with Crippen molar-refractivity contribution in [3.05, 3.63) is 28.8 Å². The van der Waals surface area contributed by atoms with Crippen LogP contribution in [0.15, 0.2) is 18.2 Å². The van der Waals surface area contributed by atoms with E-state index in [9.17, 15) is 5.11 Å². The van der Waals surface area contributed by atoms with Gasteiger partial charge >= 0.3 is 0 Å². The van der Waals surface area contributed by atoms with Crippen molar-refractivity contribution in [1.29, 1.82) is 5.26 Å². The van der Waals surface area contributed by atoms with Gasteiger partial charge in [-0.05, 0) is 38.5 Å². The highest BCUT2D eigenvalue weighted by Crippen LogP contribution is 2.20. The van der Waals surface area contributed by atoms with Gasteiger partial charge in [-0.3, -0.25) is 0 Å². The van der Waals surface area contributed by atoms with Gasteiger partial charge in [0.2, 0.25) is 0 Å². The smallest absolute Gasteiger partial charge is 0.101 e. The monoisotopic (exact) mass is 238 g/mol. The second-order valence-electron chi connectivity index (χ2n) is 4.29. The number of hydrogen-bond acceptors (Lipinski definition) is 3. The van der Waals surface area contributed by atoms with Gasteiger partial charge in [-0.25, -0.2) is 0 Å². The summed E-state index contributed by atoms with van der Waals surface area (Å²) in [7, 11) is 0. The highest BCUT2D eigenvalue weighted by Gasteiger charge is 2.11. The number of hydrogen-bond donors (Lipinski definition) is 2. The topological polar surface area (TPSA) is 56.0 Å². The number of nitriles is 1. The van der Waals surface area contributed by atoms with E-state index in [-0.39, 0.29) is 0 Å². The highest BCUT2D eigenvalue weighted by atomic mass is 35.5. The Hall–Kier alpha value is -1.24. The highest BCUT2D eigenvalue weighted by molar-refractivity contribution is 6.30. The van der Waals surface area contributed by atoms with Crippen LogP contribution in [0.3, 0.4) is 0 Å². The minimum atomic E-state index is -0.710. The van der Waals surface area contributed by atoms with Crippen LogP contribution >= 0.6 is 11.6 Å². The zero-order valence-electron chi connectivity index (χ0n) is 9.42. The predicted octanol–water partition coefficient (Wildman–Crippen LogP) is 2.78. The molecule has 0 amide bonds. The fraction of sp³-hybridized carbons (Fsp3) is 0.417. The summed E-state index contributed by atoms with van der Waals surface area (Å²) in [6, 6.07) is 7.16. The van der Waals surface area contributed by atoms with E-state index in [1.165, 1.54) is 0 Å². The van der Waals surface area contributed by atoms with Crippen molar-refractivity contribution < 1.29 is 5.11 Å². The maximum atomic E-state index is 9.55. The van der Waals surface area contributed by atoms with Gasteiger partial charge in [0.1, 0.15) is 6.07 Å². The molecule has 86 valence electrons. The predicted molar refractivity (Wildman–Crippen MR) is 65.6 cm³/mol. The maximum Gasteiger partial charge on any atom is 0.101 e. The first-order chi connectivity index (χ1) is 7.42. The molecule has 16 heavy (non-hydrogen) atoms. The summed E-state index contributed by atoms with van der Waals surface area (Å²) in [5.74, 6) is 0. The van der Waals surface area contributed by atoms with Gasteiger partial charge in [-0.15, -0.1) is 0 Å². The number of nitrogens with zero attached hydrogens (tertiary/aromatic N) is 1. The second-order valence-corrected chi connectivity index (χ2v) is 4.73. The molecule has 0 aliphatic rings. The quantitative estimate of drug-likeness (QED) is 0.848. The summed E-state index contributed by atoms with van der Waals surface area (Å²) < 4.78 is 0. The first-order valence-corrected chi connectivity index (χ1v) is 5.46. The third-order valence-corrected chi connectivity index (χ3v) is 2.39. The van der Waals surface area contributed by atoms with Crippen molar-refractivity contribution in [3.8, 4) is 6.07 Å². The molecule has 0 aliphatic carbocycles. The lowest BCUT2D eigenvalue weighted by Crippen LogP contribution is -2.22. The fourth-order valence-corrected chi connectivity index (χ4v) is 1.44. The molecular weight excluding hydrogens is 224 g/mol. The molecule has 0 atom stereocenters. The molecule has 0 saturated heterocycles. The SMILES string of the molecule is CC(C)(O)CCNc1cc(Cl)ccc1C#N. The molecule has 0 unspecified atom stereocenters. The van der Waals surface area contributed by atoms with Crippen molar-refractivity contribution in [1.82, 2.24) is 0 Å². The van der Waals surface area contributed by atoms with E-state index < -0.39 is 5.60 Å². The van der Waals surface area contributed by atoms with E-state index in [4.69, 9.17) is 16.9 Å². The minimum absolute atomic E-state index is 0.556. The van der Waals surface area contributed by atoms with Crippen molar-refractivity contribution >= 4 is 17.3 Å². The number of nitrogens with one attached hydrogen (secondary N) is 1. The molecule has 0 radical (unpaired) electrons. The van der Waals surface area contributed by atoms with Crippen LogP contribution in [0.4, 0.5) is 5.69 Å². The van der Waals surface area contributed by atoms with Gasteiger partial charge in [0.15, 0.2) is 0 Å². The van der Waals surface area contributed by atoms with Crippen LogP contribution < -0.4 is 5.32 Å². The van der Waals surface area contributed by atoms with Crippen molar-refractivity contribution in [2.75, 3.05) is 11.9 Å². The molecule has 0 bridgehead atoms. The Kier molecular flexibility index (Phi) is 4.17. The Labute approximate surface area is 101 Å². The fourth-order valence-electron chi connectivity index (χ4n) is 1.26. The standard InChI is InChI=1S/C12H15ClN2O/c1-12(2,16)5-6-15-11-7-10(13)4-3-9(11)8-14/h3-4,7,15-16H,5-6H2,1-2H3. The Morgan fingerprint density at radius 3 is 2.75 bits per heavy atom. The Bertz CT molecular complexity index is 404. The Morgan fingerprint density at radius 2 is 2.19 bits per heavy atom. The molecule has 1 aromatic carbocycles. The van der Waals surface area contributed by atoms with Crippen molar-refractivity contribution in [2.45, 2.75) is 25.9 Å². The van der Waals surface area contributed by atoms with Crippen LogP contribution in [0.2, 0.25) is 5.02 Å². The summed E-state index contributed by atoms with van der Waals surface area (Å²) in [5.41, 5.74) is 0.553. The third kappa shape index (κ3) is 4.09. The summed E-state index contributed by atoms with van der Waals surface area (Å²) in [4.78, 5) is 0. The molecular formula is C12H15ClN2O. The zero-order chi connectivity index (χ0) is 12.2. The molecule has 3 nitrogen and oxygen atoms in total. The van der Waals surface area contributed by atoms with Crippen molar-refractivity contribution in [3.63, 3.8) is 0 Å². The molecule has 1 aromatic rings. The average Bonchev–Trinajstić information content (AvgIpc) is 2.16. The number of aliphatic hydroxyl groups is 1. The van der Waals surface area contributed by atoms with E-state index in [1.807, 2.05) is 0 Å². The Balaban J connectivity index is 2.67. The molecule has 4 heteroatoms. The summed E-state index contributed by atoms with van der Waals surface area (Å²) in [5, 5.41) is 22.1. The average molecular weight is 239 g/mol. The largest absolute Gasteiger partial charge is 0.390 e. The van der Waals surface area contributed by atoms with E-state index in [0.29, 0.717) is 29.2 Å². The first kappa shape index (κ1) is 12.8. The van der Waals surface area contributed by atoms with Gasteiger partial charge in [0, 0.05) is 11.6 Å². The number of anilines is 1. The molecule has 0 saturated carbocycles. The number of rotatable bonds is 4. The molecule has 0 heterocycles. The summed E-state index contributed by atoms with van der Waals surface area (Å²) in [6.07, 6.45) is 0.602. The lowest BCUT2D eigenvalue weighted by Gasteiger charge is -2.17. The molecule has 0 fully saturated rings. The van der Waals surface area contributed by atoms with Crippen LogP contribution in [0, 0.1) is 11.3 Å². The maximum absolute atomic E-state index is 9.55. The molecule has 1 rings (SSSR count). The van der Waals surface area contributed by atoms with E-state index in [1.54, 1.807) is 32.0 Å². The molecule has 2 N–H and O–H groups in total. The molecule has 0 spiro atoms. The van der Waals surface area contributed by atoms with Gasteiger partial charge in [-0.2, -0.15) is 5.26 Å². The normalized spacial score (nSPS) is 10.9. The molecule has 0 aromatic heterocycles. The lowest BCUT2D eigenvalue weighted by atomic mass is 10.1. The van der Waals surface area contributed by atoms with Crippen LogP contribution in [0.25, 0.3) is 0 Å². The van der Waals surface area contributed by atoms with Crippen LogP contribution in [-0.4, -0.2) is 17.3 Å². The Morgan fingerprint density at radius 1 is 1.50 bits per heavy atom. The van der Waals surface area contributed by atoms with Crippen LogP contribution in [-0.2, 0) is 0 Å². The second kappa shape index (κ2) is 5.20. The number of halogens is 1. The first-order valence-electron chi connectivity index (χ1n) is 5.08. The van der Waals surface area contributed by atoms with Crippen LogP contribution in [0.5, 0.6) is 0 Å². The van der Waals surface area contributed by atoms with E-state index >= 15 is 0 Å². The van der Waals surface area contributed by atoms with Gasteiger partial charge in [0.05, 0.1) is 16.9 Å². The number of benzene rings is 1. The van der Waals surface area contributed by atoms with Crippen molar-refractivity contribution in [2.24, 2.45) is 0 Å². The van der Waals surface area contributed by atoms with Gasteiger partial charge < -0.3 is 10.4 Å². The van der Waals surface area contributed by atoms with Gasteiger partial charge in [-0.1, -0.05) is 11.6 Å². The lowest BCUT2D eigenvalue weighted by molar-refractivity contribution is 0.0749. The van der Waals surface area contributed by atoms with E-state index in [0.717, 1.165) is 0 Å². The zero-order valence-corrected chi connectivity index (χ0v) is 10.2. The third-order valence-electron chi connectivity index (χ3n) is 2.15.